The number of hydrogen-bond donors (Lipinski definition) is 1. The Morgan fingerprint density at radius 1 is 1.18 bits per heavy atom. The molecule has 1 aromatic rings. The zero-order valence-electron chi connectivity index (χ0n) is 13.1. The highest BCUT2D eigenvalue weighted by Crippen LogP contribution is 2.25. The average molecular weight is 370 g/mol. The van der Waals surface area contributed by atoms with E-state index in [0.717, 1.165) is 5.56 Å². The lowest BCUT2D eigenvalue weighted by Gasteiger charge is -2.20. The zero-order valence-corrected chi connectivity index (χ0v) is 14.7. The minimum Gasteiger partial charge on any atom is -0.461 e. The van der Waals surface area contributed by atoms with Crippen LogP contribution in [0.25, 0.3) is 4.48 Å². The van der Waals surface area contributed by atoms with Gasteiger partial charge < -0.3 is 9.47 Å². The number of ether oxygens (including phenoxy) is 2. The van der Waals surface area contributed by atoms with Crippen molar-refractivity contribution < 1.29 is 19.1 Å². The van der Waals surface area contributed by atoms with Crippen molar-refractivity contribution in [1.82, 2.24) is 5.32 Å². The summed E-state index contributed by atoms with van der Waals surface area (Å²) in [5, 5.41) is 2.45. The van der Waals surface area contributed by atoms with E-state index in [1.165, 1.54) is 0 Å². The fourth-order valence-corrected chi connectivity index (χ4v) is 2.06. The Kier molecular flexibility index (Phi) is 6.61. The number of carbonyl (C=O) groups is 2. The highest BCUT2D eigenvalue weighted by atomic mass is 79.9. The van der Waals surface area contributed by atoms with Crippen molar-refractivity contribution in [1.29, 1.82) is 0 Å². The summed E-state index contributed by atoms with van der Waals surface area (Å²) < 4.78 is 10.6. The van der Waals surface area contributed by atoms with Crippen LogP contribution in [0, 0.1) is 0 Å². The number of carbonyl (C=O) groups excluding carboxylic acids is 2. The Labute approximate surface area is 138 Å². The molecule has 1 rings (SSSR count). The third-order valence-electron chi connectivity index (χ3n) is 2.35. The molecule has 0 unspecified atom stereocenters. The standard InChI is InChI=1S/C16H20BrNO4/c1-5-21-14(19)13(18-15(20)22-16(2,3)4)12(17)11-9-7-6-8-10-11/h6-10H,5H2,1-4H3,(H,18,20)/b13-12-. The van der Waals surface area contributed by atoms with Gasteiger partial charge in [-0.2, -0.15) is 0 Å². The number of alkyl carbamates (subject to hydrolysis) is 1. The summed E-state index contributed by atoms with van der Waals surface area (Å²) in [5.74, 6) is -0.635. The molecule has 0 bridgehead atoms. The topological polar surface area (TPSA) is 64.6 Å². The molecule has 22 heavy (non-hydrogen) atoms. The van der Waals surface area contributed by atoms with Crippen LogP contribution in [0.15, 0.2) is 36.0 Å². The molecule has 0 aliphatic carbocycles. The van der Waals surface area contributed by atoms with Crippen LogP contribution in [-0.4, -0.2) is 24.3 Å². The molecule has 0 fully saturated rings. The summed E-state index contributed by atoms with van der Waals surface area (Å²) in [7, 11) is 0. The maximum absolute atomic E-state index is 12.1. The van der Waals surface area contributed by atoms with E-state index in [0.29, 0.717) is 4.48 Å². The summed E-state index contributed by atoms with van der Waals surface area (Å²) in [5.41, 5.74) is 0.0761. The van der Waals surface area contributed by atoms with Crippen LogP contribution in [0.5, 0.6) is 0 Å². The van der Waals surface area contributed by atoms with Crippen molar-refractivity contribution in [2.24, 2.45) is 0 Å². The molecule has 120 valence electrons. The number of benzene rings is 1. The van der Waals surface area contributed by atoms with Crippen molar-refractivity contribution >= 4 is 32.5 Å². The fourth-order valence-electron chi connectivity index (χ4n) is 1.53. The SMILES string of the molecule is CCOC(=O)/C(NC(=O)OC(C)(C)C)=C(/Br)c1ccccc1. The minimum absolute atomic E-state index is 0.00213. The lowest BCUT2D eigenvalue weighted by molar-refractivity contribution is -0.138. The molecule has 0 aromatic heterocycles. The molecule has 0 spiro atoms. The molecule has 1 amide bonds. The van der Waals surface area contributed by atoms with Gasteiger partial charge in [0.25, 0.3) is 0 Å². The molecule has 1 aromatic carbocycles. The highest BCUT2D eigenvalue weighted by Gasteiger charge is 2.23. The Balaban J connectivity index is 3.09. The third kappa shape index (κ3) is 5.89. The van der Waals surface area contributed by atoms with Crippen molar-refractivity contribution in [2.75, 3.05) is 6.61 Å². The van der Waals surface area contributed by atoms with E-state index < -0.39 is 17.7 Å². The second-order valence-corrected chi connectivity index (χ2v) is 6.20. The zero-order chi connectivity index (χ0) is 16.8. The molecule has 0 saturated heterocycles. The van der Waals surface area contributed by atoms with Crippen molar-refractivity contribution in [3.05, 3.63) is 41.6 Å². The summed E-state index contributed by atoms with van der Waals surface area (Å²) in [6, 6.07) is 9.12. The molecule has 0 saturated carbocycles. The molecular formula is C16H20BrNO4. The number of hydrogen-bond acceptors (Lipinski definition) is 4. The van der Waals surface area contributed by atoms with Gasteiger partial charge in [0.05, 0.1) is 11.1 Å². The molecule has 0 atom stereocenters. The molecular weight excluding hydrogens is 350 g/mol. The maximum Gasteiger partial charge on any atom is 0.412 e. The predicted molar refractivity (Wildman–Crippen MR) is 88.3 cm³/mol. The first-order valence-electron chi connectivity index (χ1n) is 6.87. The number of rotatable bonds is 4. The van der Waals surface area contributed by atoms with Gasteiger partial charge in [-0.25, -0.2) is 9.59 Å². The monoisotopic (exact) mass is 369 g/mol. The van der Waals surface area contributed by atoms with E-state index >= 15 is 0 Å². The van der Waals surface area contributed by atoms with Crippen LogP contribution in [0.2, 0.25) is 0 Å². The molecule has 0 aliphatic rings. The predicted octanol–water partition coefficient (Wildman–Crippen LogP) is 3.84. The Hall–Kier alpha value is -1.82. The van der Waals surface area contributed by atoms with Crippen LogP contribution < -0.4 is 5.32 Å². The van der Waals surface area contributed by atoms with Gasteiger partial charge in [-0.05, 0) is 49.2 Å². The minimum atomic E-state index is -0.719. The molecule has 6 heteroatoms. The fraction of sp³-hybridized carbons (Fsp3) is 0.375. The summed E-state index contributed by atoms with van der Waals surface area (Å²) in [6.07, 6.45) is -0.719. The van der Waals surface area contributed by atoms with E-state index in [1.54, 1.807) is 39.8 Å². The van der Waals surface area contributed by atoms with Crippen LogP contribution in [0.1, 0.15) is 33.3 Å². The van der Waals surface area contributed by atoms with Gasteiger partial charge in [-0.1, -0.05) is 30.3 Å². The highest BCUT2D eigenvalue weighted by molar-refractivity contribution is 9.15. The summed E-state index contributed by atoms with van der Waals surface area (Å²) in [6.45, 7) is 7.12. The molecule has 0 heterocycles. The van der Waals surface area contributed by atoms with Gasteiger partial charge >= 0.3 is 12.1 Å². The molecule has 0 aliphatic heterocycles. The number of amides is 1. The van der Waals surface area contributed by atoms with E-state index in [2.05, 4.69) is 21.2 Å². The van der Waals surface area contributed by atoms with Crippen molar-refractivity contribution in [3.63, 3.8) is 0 Å². The van der Waals surface area contributed by atoms with E-state index in [1.807, 2.05) is 18.2 Å². The quantitative estimate of drug-likeness (QED) is 0.646. The van der Waals surface area contributed by atoms with Crippen molar-refractivity contribution in [3.8, 4) is 0 Å². The van der Waals surface area contributed by atoms with E-state index in [9.17, 15) is 9.59 Å². The second kappa shape index (κ2) is 7.98. The smallest absolute Gasteiger partial charge is 0.412 e. The first kappa shape index (κ1) is 18.2. The summed E-state index contributed by atoms with van der Waals surface area (Å²) >= 11 is 3.34. The third-order valence-corrected chi connectivity index (χ3v) is 3.21. The lowest BCUT2D eigenvalue weighted by atomic mass is 10.2. The molecule has 0 radical (unpaired) electrons. The normalized spacial score (nSPS) is 12.2. The van der Waals surface area contributed by atoms with Gasteiger partial charge in [-0.15, -0.1) is 0 Å². The number of halogens is 1. The van der Waals surface area contributed by atoms with E-state index in [4.69, 9.17) is 9.47 Å². The van der Waals surface area contributed by atoms with Gasteiger partial charge in [0, 0.05) is 0 Å². The van der Waals surface area contributed by atoms with Crippen molar-refractivity contribution in [2.45, 2.75) is 33.3 Å². The number of nitrogens with one attached hydrogen (secondary N) is 1. The first-order chi connectivity index (χ1) is 10.2. The lowest BCUT2D eigenvalue weighted by Crippen LogP contribution is -2.35. The van der Waals surface area contributed by atoms with Gasteiger partial charge in [0.2, 0.25) is 0 Å². The first-order valence-corrected chi connectivity index (χ1v) is 7.66. The van der Waals surface area contributed by atoms with Crippen LogP contribution in [0.4, 0.5) is 4.79 Å². The molecule has 1 N–H and O–H groups in total. The van der Waals surface area contributed by atoms with Crippen LogP contribution in [0.3, 0.4) is 0 Å². The largest absolute Gasteiger partial charge is 0.461 e. The van der Waals surface area contributed by atoms with Gasteiger partial charge in [-0.3, -0.25) is 5.32 Å². The Bertz CT molecular complexity index is 561. The van der Waals surface area contributed by atoms with E-state index in [-0.39, 0.29) is 12.3 Å². The summed E-state index contributed by atoms with van der Waals surface area (Å²) in [4.78, 5) is 24.0. The van der Waals surface area contributed by atoms with Crippen LogP contribution in [-0.2, 0) is 14.3 Å². The van der Waals surface area contributed by atoms with Gasteiger partial charge in [0.15, 0.2) is 0 Å². The number of esters is 1. The van der Waals surface area contributed by atoms with Crippen LogP contribution >= 0.6 is 15.9 Å². The maximum atomic E-state index is 12.1. The average Bonchev–Trinajstić information content (AvgIpc) is 2.43. The van der Waals surface area contributed by atoms with Gasteiger partial charge in [0.1, 0.15) is 11.3 Å². The molecule has 5 nitrogen and oxygen atoms in total. The Morgan fingerprint density at radius 2 is 1.77 bits per heavy atom. The second-order valence-electron chi connectivity index (χ2n) is 5.40. The Morgan fingerprint density at radius 3 is 2.27 bits per heavy atom.